The van der Waals surface area contributed by atoms with Gasteiger partial charge < -0.3 is 10.1 Å². The Morgan fingerprint density at radius 3 is 2.35 bits per heavy atom. The molecule has 0 bridgehead atoms. The van der Waals surface area contributed by atoms with Crippen LogP contribution >= 0.6 is 11.3 Å². The van der Waals surface area contributed by atoms with Crippen LogP contribution in [0.3, 0.4) is 0 Å². The van der Waals surface area contributed by atoms with Crippen molar-refractivity contribution >= 4 is 17.2 Å². The molecule has 0 fully saturated rings. The molecule has 3 nitrogen and oxygen atoms in total. The quantitative estimate of drug-likeness (QED) is 0.348. The van der Waals surface area contributed by atoms with Gasteiger partial charge in [-0.15, -0.1) is 11.3 Å². The molecule has 0 aromatic carbocycles. The molecular weight excluding hydrogens is 342 g/mol. The monoisotopic (exact) mass is 371 g/mol. The fourth-order valence-electron chi connectivity index (χ4n) is 2.30. The predicted molar refractivity (Wildman–Crippen MR) is 112 cm³/mol. The average molecular weight is 372 g/mol. The summed E-state index contributed by atoms with van der Waals surface area (Å²) in [6.45, 7) is 22.0. The number of hydrogen-bond donors (Lipinski definition) is 1. The maximum absolute atomic E-state index is 12.2. The van der Waals surface area contributed by atoms with E-state index in [4.69, 9.17) is 4.74 Å². The smallest absolute Gasteiger partial charge is 0.286 e. The number of nitrogens with one attached hydrogen (secondary N) is 1. The second-order valence-electron chi connectivity index (χ2n) is 6.40. The molecule has 1 heterocycles. The van der Waals surface area contributed by atoms with Crippen LogP contribution in [0.5, 0.6) is 0 Å². The number of amides is 1. The predicted octanol–water partition coefficient (Wildman–Crippen LogP) is 5.62. The molecule has 0 aliphatic carbocycles. The van der Waals surface area contributed by atoms with Crippen LogP contribution in [-0.4, -0.2) is 12.5 Å². The lowest BCUT2D eigenvalue weighted by atomic mass is 10.0. The van der Waals surface area contributed by atoms with Crippen molar-refractivity contribution in [2.45, 2.75) is 41.0 Å². The maximum Gasteiger partial charge on any atom is 0.286 e. The minimum atomic E-state index is -0.319. The highest BCUT2D eigenvalue weighted by molar-refractivity contribution is 7.10. The zero-order valence-corrected chi connectivity index (χ0v) is 17.3. The molecule has 4 heteroatoms. The Morgan fingerprint density at radius 2 is 1.81 bits per heavy atom. The summed E-state index contributed by atoms with van der Waals surface area (Å²) in [4.78, 5) is 13.4. The molecule has 0 unspecified atom stereocenters. The summed E-state index contributed by atoms with van der Waals surface area (Å²) in [5.41, 5.74) is 5.23. The lowest BCUT2D eigenvalue weighted by Gasteiger charge is -2.14. The maximum atomic E-state index is 12.2. The van der Waals surface area contributed by atoms with E-state index < -0.39 is 0 Å². The second-order valence-corrected chi connectivity index (χ2v) is 7.41. The van der Waals surface area contributed by atoms with Gasteiger partial charge in [-0.05, 0) is 74.8 Å². The van der Waals surface area contributed by atoms with Gasteiger partial charge in [0.25, 0.3) is 5.91 Å². The highest BCUT2D eigenvalue weighted by atomic mass is 32.1. The first-order valence-corrected chi connectivity index (χ1v) is 9.40. The van der Waals surface area contributed by atoms with Gasteiger partial charge in [-0.3, -0.25) is 4.79 Å². The van der Waals surface area contributed by atoms with Crippen molar-refractivity contribution in [3.8, 4) is 0 Å². The third-order valence-electron chi connectivity index (χ3n) is 4.14. The number of carbonyl (C=O) groups is 1. The molecule has 1 amide bonds. The van der Waals surface area contributed by atoms with E-state index in [0.29, 0.717) is 12.3 Å². The van der Waals surface area contributed by atoms with Gasteiger partial charge in [-0.1, -0.05) is 31.4 Å². The molecule has 1 aromatic heterocycles. The Morgan fingerprint density at radius 1 is 1.15 bits per heavy atom. The van der Waals surface area contributed by atoms with E-state index in [1.165, 1.54) is 10.4 Å². The third-order valence-corrected chi connectivity index (χ3v) is 5.22. The Kier molecular flexibility index (Phi) is 8.33. The van der Waals surface area contributed by atoms with Crippen LogP contribution in [0.2, 0.25) is 0 Å². The Balaban J connectivity index is 2.59. The zero-order chi connectivity index (χ0) is 19.9. The SMILES string of the molecule is C=C(C)/C=C(C)/C(C)=C(\C)C(=C)OC(=C)C(=O)NCCc1sccc1C. The number of aryl methyl sites for hydroxylation is 1. The van der Waals surface area contributed by atoms with E-state index in [0.717, 1.165) is 28.7 Å². The van der Waals surface area contributed by atoms with Crippen molar-refractivity contribution in [2.24, 2.45) is 0 Å². The van der Waals surface area contributed by atoms with Gasteiger partial charge in [0.15, 0.2) is 5.76 Å². The number of ether oxygens (including phenoxy) is 1. The molecule has 1 aromatic rings. The summed E-state index contributed by atoms with van der Waals surface area (Å²) in [6.07, 6.45) is 2.80. The molecule has 0 atom stereocenters. The first-order valence-electron chi connectivity index (χ1n) is 8.52. The molecule has 26 heavy (non-hydrogen) atoms. The highest BCUT2D eigenvalue weighted by Crippen LogP contribution is 2.22. The summed E-state index contributed by atoms with van der Waals surface area (Å²) >= 11 is 1.70. The van der Waals surface area contributed by atoms with Crippen molar-refractivity contribution in [3.63, 3.8) is 0 Å². The van der Waals surface area contributed by atoms with Crippen LogP contribution < -0.4 is 5.32 Å². The van der Waals surface area contributed by atoms with Crippen molar-refractivity contribution in [1.82, 2.24) is 5.32 Å². The fraction of sp³-hybridized carbons (Fsp3) is 0.318. The lowest BCUT2D eigenvalue weighted by molar-refractivity contribution is -0.120. The molecule has 140 valence electrons. The molecule has 0 saturated carbocycles. The van der Waals surface area contributed by atoms with Gasteiger partial charge in [0, 0.05) is 11.4 Å². The molecule has 1 N–H and O–H groups in total. The third kappa shape index (κ3) is 6.52. The number of thiophene rings is 1. The number of carbonyl (C=O) groups excluding carboxylic acids is 1. The van der Waals surface area contributed by atoms with Crippen LogP contribution in [0.4, 0.5) is 0 Å². The standard InChI is InChI=1S/C22H29NO2S/c1-14(2)13-16(4)17(5)18(6)19(7)25-20(8)22(24)23-11-9-21-15(3)10-12-26-21/h10,12-13H,1,7-9,11H2,2-6H3,(H,23,24)/b16-13+,18-17+. The van der Waals surface area contributed by atoms with E-state index in [1.807, 2.05) is 33.8 Å². The molecule has 0 spiro atoms. The van der Waals surface area contributed by atoms with Gasteiger partial charge in [-0.25, -0.2) is 0 Å². The summed E-state index contributed by atoms with van der Waals surface area (Å²) < 4.78 is 5.56. The van der Waals surface area contributed by atoms with Crippen molar-refractivity contribution in [1.29, 1.82) is 0 Å². The van der Waals surface area contributed by atoms with E-state index in [1.54, 1.807) is 11.3 Å². The largest absolute Gasteiger partial charge is 0.453 e. The van der Waals surface area contributed by atoms with Gasteiger partial charge in [-0.2, -0.15) is 0 Å². The Bertz CT molecular complexity index is 778. The minimum Gasteiger partial charge on any atom is -0.453 e. The van der Waals surface area contributed by atoms with Crippen molar-refractivity contribution in [3.05, 3.63) is 81.5 Å². The van der Waals surface area contributed by atoms with Gasteiger partial charge >= 0.3 is 0 Å². The second kappa shape index (κ2) is 9.97. The van der Waals surface area contributed by atoms with E-state index >= 15 is 0 Å². The first kappa shape index (κ1) is 21.7. The first-order chi connectivity index (χ1) is 12.1. The van der Waals surface area contributed by atoms with Crippen LogP contribution in [0.1, 0.15) is 38.1 Å². The molecule has 0 aliphatic heterocycles. The highest BCUT2D eigenvalue weighted by Gasteiger charge is 2.12. The Hall–Kier alpha value is -2.33. The van der Waals surface area contributed by atoms with Crippen molar-refractivity contribution < 1.29 is 9.53 Å². The summed E-state index contributed by atoms with van der Waals surface area (Å²) in [5.74, 6) is 0.151. The molecule has 1 rings (SSSR count). The zero-order valence-electron chi connectivity index (χ0n) is 16.5. The summed E-state index contributed by atoms with van der Waals surface area (Å²) in [5, 5.41) is 4.89. The van der Waals surface area contributed by atoms with E-state index in [9.17, 15) is 4.79 Å². The lowest BCUT2D eigenvalue weighted by Crippen LogP contribution is -2.27. The molecule has 0 aliphatic rings. The van der Waals surface area contributed by atoms with Crippen LogP contribution in [0.25, 0.3) is 0 Å². The Labute approximate surface area is 161 Å². The molecule has 0 radical (unpaired) electrons. The van der Waals surface area contributed by atoms with E-state index in [2.05, 4.69) is 43.4 Å². The molecule has 0 saturated heterocycles. The number of rotatable bonds is 9. The topological polar surface area (TPSA) is 38.3 Å². The van der Waals surface area contributed by atoms with Crippen LogP contribution in [-0.2, 0) is 16.0 Å². The minimum absolute atomic E-state index is 0.0478. The summed E-state index contributed by atoms with van der Waals surface area (Å²) in [7, 11) is 0. The van der Waals surface area contributed by atoms with Gasteiger partial charge in [0.05, 0.1) is 0 Å². The number of allylic oxidation sites excluding steroid dienone is 5. The summed E-state index contributed by atoms with van der Waals surface area (Å²) in [6, 6.07) is 2.08. The number of hydrogen-bond acceptors (Lipinski definition) is 3. The van der Waals surface area contributed by atoms with Gasteiger partial charge in [0.1, 0.15) is 5.76 Å². The van der Waals surface area contributed by atoms with Crippen LogP contribution in [0, 0.1) is 6.92 Å². The van der Waals surface area contributed by atoms with E-state index in [-0.39, 0.29) is 11.7 Å². The normalized spacial score (nSPS) is 12.3. The molecular formula is C22H29NO2S. The average Bonchev–Trinajstić information content (AvgIpc) is 2.97. The van der Waals surface area contributed by atoms with Crippen molar-refractivity contribution in [2.75, 3.05) is 6.54 Å². The fourth-order valence-corrected chi connectivity index (χ4v) is 3.21. The van der Waals surface area contributed by atoms with Crippen LogP contribution in [0.15, 0.2) is 71.1 Å². The van der Waals surface area contributed by atoms with Gasteiger partial charge in [0.2, 0.25) is 0 Å².